The summed E-state index contributed by atoms with van der Waals surface area (Å²) in [6.45, 7) is 4.19. The van der Waals surface area contributed by atoms with Gasteiger partial charge in [0.15, 0.2) is 0 Å². The second-order valence-electron chi connectivity index (χ2n) is 4.81. The molecule has 2 rings (SSSR count). The standard InChI is InChI=1S/C16H18ClNO4S/c1-4-22-15-8-6-13(9-11(15)2)23(19,20)18-14-10-12(17)5-7-16(14)21-3/h5-10,18H,4H2,1-3H3. The highest BCUT2D eigenvalue weighted by molar-refractivity contribution is 7.92. The fourth-order valence-corrected chi connectivity index (χ4v) is 3.39. The van der Waals surface area contributed by atoms with Crippen molar-refractivity contribution < 1.29 is 17.9 Å². The molecule has 0 amide bonds. The number of methoxy groups -OCH3 is 1. The summed E-state index contributed by atoms with van der Waals surface area (Å²) in [4.78, 5) is 0.139. The van der Waals surface area contributed by atoms with Crippen LogP contribution in [0.3, 0.4) is 0 Å². The van der Waals surface area contributed by atoms with E-state index in [-0.39, 0.29) is 10.6 Å². The third-order valence-electron chi connectivity index (χ3n) is 3.16. The van der Waals surface area contributed by atoms with E-state index in [2.05, 4.69) is 4.72 Å². The van der Waals surface area contributed by atoms with Gasteiger partial charge in [-0.2, -0.15) is 0 Å². The number of aryl methyl sites for hydroxylation is 1. The minimum Gasteiger partial charge on any atom is -0.495 e. The van der Waals surface area contributed by atoms with Crippen LogP contribution in [0.2, 0.25) is 5.02 Å². The van der Waals surface area contributed by atoms with Crippen molar-refractivity contribution in [2.24, 2.45) is 0 Å². The largest absolute Gasteiger partial charge is 0.495 e. The maximum atomic E-state index is 12.6. The Kier molecular flexibility index (Phi) is 5.38. The zero-order valence-corrected chi connectivity index (χ0v) is 14.7. The number of anilines is 1. The van der Waals surface area contributed by atoms with Gasteiger partial charge in [-0.15, -0.1) is 0 Å². The number of rotatable bonds is 6. The lowest BCUT2D eigenvalue weighted by molar-refractivity contribution is 0.337. The highest BCUT2D eigenvalue weighted by Gasteiger charge is 2.18. The molecule has 0 atom stereocenters. The van der Waals surface area contributed by atoms with E-state index < -0.39 is 10.0 Å². The summed E-state index contributed by atoms with van der Waals surface area (Å²) in [5.41, 5.74) is 1.03. The van der Waals surface area contributed by atoms with E-state index in [9.17, 15) is 8.42 Å². The number of halogens is 1. The fourth-order valence-electron chi connectivity index (χ4n) is 2.07. The van der Waals surface area contributed by atoms with E-state index in [4.69, 9.17) is 21.1 Å². The first-order valence-electron chi connectivity index (χ1n) is 6.97. The molecule has 7 heteroatoms. The van der Waals surface area contributed by atoms with Gasteiger partial charge in [0.1, 0.15) is 11.5 Å². The van der Waals surface area contributed by atoms with Crippen LogP contribution in [0.15, 0.2) is 41.3 Å². The van der Waals surface area contributed by atoms with Crippen LogP contribution in [0.5, 0.6) is 11.5 Å². The molecular formula is C16H18ClNO4S. The number of nitrogens with one attached hydrogen (secondary N) is 1. The Morgan fingerprint density at radius 2 is 1.83 bits per heavy atom. The lowest BCUT2D eigenvalue weighted by Crippen LogP contribution is -2.14. The molecule has 5 nitrogen and oxygen atoms in total. The van der Waals surface area contributed by atoms with Crippen molar-refractivity contribution in [3.8, 4) is 11.5 Å². The molecule has 2 aromatic rings. The summed E-state index contributed by atoms with van der Waals surface area (Å²) >= 11 is 5.92. The minimum absolute atomic E-state index is 0.139. The van der Waals surface area contributed by atoms with Gasteiger partial charge in [-0.3, -0.25) is 4.72 Å². The smallest absolute Gasteiger partial charge is 0.262 e. The van der Waals surface area contributed by atoms with Crippen molar-refractivity contribution in [1.82, 2.24) is 0 Å². The molecule has 0 bridgehead atoms. The van der Waals surface area contributed by atoms with Crippen molar-refractivity contribution in [3.05, 3.63) is 47.0 Å². The van der Waals surface area contributed by atoms with Crippen LogP contribution < -0.4 is 14.2 Å². The SMILES string of the molecule is CCOc1ccc(S(=O)(=O)Nc2cc(Cl)ccc2OC)cc1C. The lowest BCUT2D eigenvalue weighted by atomic mass is 10.2. The number of sulfonamides is 1. The van der Waals surface area contributed by atoms with Gasteiger partial charge in [-0.25, -0.2) is 8.42 Å². The molecule has 0 radical (unpaired) electrons. The molecule has 0 spiro atoms. The molecule has 23 heavy (non-hydrogen) atoms. The van der Waals surface area contributed by atoms with Crippen LogP contribution in [0.25, 0.3) is 0 Å². The van der Waals surface area contributed by atoms with Crippen LogP contribution in [0, 0.1) is 6.92 Å². The van der Waals surface area contributed by atoms with Crippen LogP contribution in [0.4, 0.5) is 5.69 Å². The monoisotopic (exact) mass is 355 g/mol. The molecule has 0 aliphatic rings. The molecule has 0 unspecified atom stereocenters. The van der Waals surface area contributed by atoms with Gasteiger partial charge in [0, 0.05) is 5.02 Å². The van der Waals surface area contributed by atoms with Gasteiger partial charge in [-0.05, 0) is 55.8 Å². The summed E-state index contributed by atoms with van der Waals surface area (Å²) in [6, 6.07) is 9.42. The third-order valence-corrected chi connectivity index (χ3v) is 4.76. The molecule has 0 aliphatic carbocycles. The van der Waals surface area contributed by atoms with Crippen LogP contribution in [-0.2, 0) is 10.0 Å². The van der Waals surface area contributed by atoms with Crippen molar-refractivity contribution >= 4 is 27.3 Å². The molecule has 124 valence electrons. The Morgan fingerprint density at radius 1 is 1.13 bits per heavy atom. The van der Waals surface area contributed by atoms with Gasteiger partial charge in [-0.1, -0.05) is 11.6 Å². The topological polar surface area (TPSA) is 64.6 Å². The Labute approximate surface area is 141 Å². The molecular weight excluding hydrogens is 338 g/mol. The van der Waals surface area contributed by atoms with E-state index in [0.29, 0.717) is 23.1 Å². The molecule has 1 N–H and O–H groups in total. The van der Waals surface area contributed by atoms with Crippen molar-refractivity contribution in [3.63, 3.8) is 0 Å². The van der Waals surface area contributed by atoms with Crippen LogP contribution >= 0.6 is 11.6 Å². The second kappa shape index (κ2) is 7.10. The zero-order valence-electron chi connectivity index (χ0n) is 13.1. The number of ether oxygens (including phenoxy) is 2. The van der Waals surface area contributed by atoms with Gasteiger partial charge in [0.25, 0.3) is 10.0 Å². The summed E-state index contributed by atoms with van der Waals surface area (Å²) in [6.07, 6.45) is 0. The van der Waals surface area contributed by atoms with Crippen molar-refractivity contribution in [2.45, 2.75) is 18.7 Å². The summed E-state index contributed by atoms with van der Waals surface area (Å²) < 4.78 is 38.2. The lowest BCUT2D eigenvalue weighted by Gasteiger charge is -2.13. The molecule has 0 fully saturated rings. The molecule has 0 saturated carbocycles. The Hall–Kier alpha value is -1.92. The maximum Gasteiger partial charge on any atom is 0.262 e. The van der Waals surface area contributed by atoms with E-state index in [1.807, 2.05) is 6.92 Å². The molecule has 2 aromatic carbocycles. The summed E-state index contributed by atoms with van der Waals surface area (Å²) in [5.74, 6) is 1.05. The molecule has 0 heterocycles. The number of hydrogen-bond donors (Lipinski definition) is 1. The Morgan fingerprint density at radius 3 is 2.43 bits per heavy atom. The predicted octanol–water partition coefficient (Wildman–Crippen LogP) is 3.86. The average Bonchev–Trinajstić information content (AvgIpc) is 2.49. The zero-order chi connectivity index (χ0) is 17.0. The van der Waals surface area contributed by atoms with E-state index in [0.717, 1.165) is 5.56 Å². The highest BCUT2D eigenvalue weighted by Crippen LogP contribution is 2.30. The van der Waals surface area contributed by atoms with Crippen molar-refractivity contribution in [2.75, 3.05) is 18.4 Å². The normalized spacial score (nSPS) is 11.1. The second-order valence-corrected chi connectivity index (χ2v) is 6.93. The van der Waals surface area contributed by atoms with E-state index >= 15 is 0 Å². The Bertz CT molecular complexity index is 806. The first-order valence-corrected chi connectivity index (χ1v) is 8.83. The predicted molar refractivity (Wildman–Crippen MR) is 91.2 cm³/mol. The van der Waals surface area contributed by atoms with Gasteiger partial charge in [0.2, 0.25) is 0 Å². The van der Waals surface area contributed by atoms with Gasteiger partial charge < -0.3 is 9.47 Å². The maximum absolute atomic E-state index is 12.6. The van der Waals surface area contributed by atoms with Crippen LogP contribution in [-0.4, -0.2) is 22.1 Å². The third kappa shape index (κ3) is 4.09. The van der Waals surface area contributed by atoms with Crippen molar-refractivity contribution in [1.29, 1.82) is 0 Å². The summed E-state index contributed by atoms with van der Waals surface area (Å²) in [5, 5.41) is 0.409. The highest BCUT2D eigenvalue weighted by atomic mass is 35.5. The average molecular weight is 356 g/mol. The first-order chi connectivity index (χ1) is 10.9. The Balaban J connectivity index is 2.36. The molecule has 0 aromatic heterocycles. The quantitative estimate of drug-likeness (QED) is 0.854. The van der Waals surface area contributed by atoms with Gasteiger partial charge >= 0.3 is 0 Å². The number of benzene rings is 2. The molecule has 0 aliphatic heterocycles. The summed E-state index contributed by atoms with van der Waals surface area (Å²) in [7, 11) is -2.30. The first kappa shape index (κ1) is 17.4. The fraction of sp³-hybridized carbons (Fsp3) is 0.250. The van der Waals surface area contributed by atoms with E-state index in [1.54, 1.807) is 31.2 Å². The van der Waals surface area contributed by atoms with Gasteiger partial charge in [0.05, 0.1) is 24.3 Å². The molecule has 0 saturated heterocycles. The van der Waals surface area contributed by atoms with Crippen LogP contribution in [0.1, 0.15) is 12.5 Å². The van der Waals surface area contributed by atoms with E-state index in [1.165, 1.54) is 19.2 Å². The number of hydrogen-bond acceptors (Lipinski definition) is 4. The minimum atomic E-state index is -3.76.